The van der Waals surface area contributed by atoms with Gasteiger partial charge < -0.3 is 0 Å². The van der Waals surface area contributed by atoms with E-state index in [9.17, 15) is 0 Å². The summed E-state index contributed by atoms with van der Waals surface area (Å²) < 4.78 is 0. The molecule has 0 saturated heterocycles. The Labute approximate surface area is 176 Å². The Kier molecular flexibility index (Phi) is 8.82. The molecule has 7 heteroatoms. The van der Waals surface area contributed by atoms with Gasteiger partial charge in [-0.25, -0.2) is 0 Å². The molecule has 0 N–H and O–H groups in total. The fourth-order valence-electron chi connectivity index (χ4n) is 6.83. The van der Waals surface area contributed by atoms with Crippen molar-refractivity contribution in [3.63, 3.8) is 0 Å². The van der Waals surface area contributed by atoms with Gasteiger partial charge in [0.1, 0.15) is 0 Å². The van der Waals surface area contributed by atoms with Crippen molar-refractivity contribution < 1.29 is 0 Å². The van der Waals surface area contributed by atoms with Gasteiger partial charge in [0.15, 0.2) is 0 Å². The van der Waals surface area contributed by atoms with Gasteiger partial charge in [0.2, 0.25) is 0 Å². The summed E-state index contributed by atoms with van der Waals surface area (Å²) in [4.78, 5) is 2.21. The number of hydrogen-bond acceptors (Lipinski definition) is 0. The van der Waals surface area contributed by atoms with E-state index >= 15 is 0 Å². The van der Waals surface area contributed by atoms with Crippen LogP contribution in [0.15, 0.2) is 0 Å². The molecule has 0 aliphatic rings. The van der Waals surface area contributed by atoms with Gasteiger partial charge in [0, 0.05) is 57.0 Å². The van der Waals surface area contributed by atoms with Crippen molar-refractivity contribution in [2.45, 2.75) is 114 Å². The molecular formula is C19H50Si7. The van der Waals surface area contributed by atoms with E-state index in [0.29, 0.717) is 0 Å². The summed E-state index contributed by atoms with van der Waals surface area (Å²) in [6.07, 6.45) is 0. The molecular weight excluding hydrogens is 425 g/mol. The Bertz CT molecular complexity index is 393. The van der Waals surface area contributed by atoms with E-state index in [1.165, 1.54) is 0 Å². The van der Waals surface area contributed by atoms with Crippen LogP contribution < -0.4 is 0 Å². The highest BCUT2D eigenvalue weighted by Gasteiger charge is 2.59. The zero-order valence-electron chi connectivity index (χ0n) is 21.2. The first-order chi connectivity index (χ1) is 10.9. The molecule has 0 nitrogen and oxygen atoms in total. The SMILES string of the molecule is C[Si](C)(C)[C][Si][Si](C)(C([Si](C)(C)C)[Si](C)(C)C)C([Si](C)(C)C)[Si](C)(C)C. The zero-order valence-corrected chi connectivity index (χ0v) is 28.2. The first-order valence-corrected chi connectivity index (χ1v) is 32.9. The van der Waals surface area contributed by atoms with Crippen molar-refractivity contribution in [3.8, 4) is 0 Å². The fourth-order valence-corrected chi connectivity index (χ4v) is 88.4. The summed E-state index contributed by atoms with van der Waals surface area (Å²) in [6.45, 7) is 42.8. The molecule has 0 aliphatic heterocycles. The quantitative estimate of drug-likeness (QED) is 0.304. The first-order valence-electron chi connectivity index (χ1n) is 10.5. The Morgan fingerprint density at radius 1 is 0.462 bits per heavy atom. The second-order valence-electron chi connectivity index (χ2n) is 14.1. The van der Waals surface area contributed by atoms with Crippen LogP contribution in [0.4, 0.5) is 0 Å². The summed E-state index contributed by atoms with van der Waals surface area (Å²) in [6, 6.07) is 0. The lowest BCUT2D eigenvalue weighted by atomic mass is 11.6. The van der Waals surface area contributed by atoms with Gasteiger partial charge in [-0.3, -0.25) is 0 Å². The molecule has 0 heterocycles. The van der Waals surface area contributed by atoms with Crippen LogP contribution in [0.1, 0.15) is 0 Å². The summed E-state index contributed by atoms with van der Waals surface area (Å²) in [7, 11) is -6.52. The van der Waals surface area contributed by atoms with Crippen LogP contribution in [0.3, 0.4) is 0 Å². The maximum Gasteiger partial charge on any atom is 0.0470 e. The van der Waals surface area contributed by atoms with Crippen LogP contribution in [0, 0.1) is 5.67 Å². The van der Waals surface area contributed by atoms with Crippen molar-refractivity contribution in [3.05, 3.63) is 5.67 Å². The molecule has 0 saturated carbocycles. The third kappa shape index (κ3) is 7.74. The minimum Gasteiger partial charge on any atom is -0.0719 e. The molecule has 0 aliphatic carbocycles. The molecule has 154 valence electrons. The Morgan fingerprint density at radius 3 is 0.846 bits per heavy atom. The molecule has 0 fully saturated rings. The summed E-state index contributed by atoms with van der Waals surface area (Å²) in [5.74, 6) is 0. The van der Waals surface area contributed by atoms with Crippen LogP contribution in [-0.4, -0.2) is 57.0 Å². The molecule has 0 atom stereocenters. The van der Waals surface area contributed by atoms with Crippen molar-refractivity contribution in [2.24, 2.45) is 0 Å². The van der Waals surface area contributed by atoms with Crippen molar-refractivity contribution >= 4 is 57.0 Å². The van der Waals surface area contributed by atoms with E-state index in [0.717, 1.165) is 18.6 Å². The minimum atomic E-state index is -1.46. The first kappa shape index (κ1) is 27.5. The normalized spacial score (nSPS) is 15.9. The van der Waals surface area contributed by atoms with E-state index in [1.54, 1.807) is 0 Å². The van der Waals surface area contributed by atoms with Crippen molar-refractivity contribution in [2.75, 3.05) is 0 Å². The van der Waals surface area contributed by atoms with E-state index < -0.39 is 48.0 Å². The highest BCUT2D eigenvalue weighted by molar-refractivity contribution is 7.43. The molecule has 0 rings (SSSR count). The highest BCUT2D eigenvalue weighted by Crippen LogP contribution is 2.51. The monoisotopic (exact) mass is 474 g/mol. The fraction of sp³-hybridized carbons (Fsp3) is 0.947. The Morgan fingerprint density at radius 2 is 0.692 bits per heavy atom. The predicted molar refractivity (Wildman–Crippen MR) is 145 cm³/mol. The lowest BCUT2D eigenvalue weighted by Gasteiger charge is -2.59. The van der Waals surface area contributed by atoms with Gasteiger partial charge >= 0.3 is 0 Å². The van der Waals surface area contributed by atoms with Gasteiger partial charge in [0.25, 0.3) is 0 Å². The van der Waals surface area contributed by atoms with E-state index in [-0.39, 0.29) is 0 Å². The van der Waals surface area contributed by atoms with Crippen LogP contribution in [-0.2, 0) is 0 Å². The second-order valence-corrected chi connectivity index (χ2v) is 52.3. The van der Waals surface area contributed by atoms with E-state index in [4.69, 9.17) is 0 Å². The van der Waals surface area contributed by atoms with Gasteiger partial charge in [-0.05, 0) is 5.67 Å². The van der Waals surface area contributed by atoms with Gasteiger partial charge in [-0.1, -0.05) is 114 Å². The Hall–Kier alpha value is 1.52. The van der Waals surface area contributed by atoms with Crippen LogP contribution in [0.2, 0.25) is 114 Å². The number of rotatable bonds is 9. The molecule has 0 aromatic rings. The summed E-state index contributed by atoms with van der Waals surface area (Å²) in [5, 5.41) is 0. The summed E-state index contributed by atoms with van der Waals surface area (Å²) in [5.41, 5.74) is 4.23. The molecule has 0 amide bonds. The molecule has 0 unspecified atom stereocenters. The largest absolute Gasteiger partial charge is 0.0719 e. The Balaban J connectivity index is 6.70. The molecule has 0 bridgehead atoms. The standard InChI is InChI=1S/C19H50Si7/c1-21(2,3)17-20-26(16,18(22(4,5)6)23(7,8)9)19(24(10,11)12)25(13,14)15/h18-19H,1-16H3. The van der Waals surface area contributed by atoms with Gasteiger partial charge in [0.05, 0.1) is 0 Å². The summed E-state index contributed by atoms with van der Waals surface area (Å²) >= 11 is 0. The lowest BCUT2D eigenvalue weighted by molar-refractivity contribution is 1.28. The average Bonchev–Trinajstić information content (AvgIpc) is 2.15. The van der Waals surface area contributed by atoms with Crippen LogP contribution in [0.5, 0.6) is 0 Å². The molecule has 0 spiro atoms. The topological polar surface area (TPSA) is 0 Å². The average molecular weight is 475 g/mol. The van der Waals surface area contributed by atoms with Gasteiger partial charge in [-0.2, -0.15) is 0 Å². The molecule has 26 heavy (non-hydrogen) atoms. The number of hydrogen-bond donors (Lipinski definition) is 0. The molecule has 0 aromatic heterocycles. The predicted octanol–water partition coefficient (Wildman–Crippen LogP) is 7.43. The second kappa shape index (κ2) is 8.33. The maximum absolute atomic E-state index is 4.23. The molecule has 4 radical (unpaired) electrons. The lowest BCUT2D eigenvalue weighted by Crippen LogP contribution is -2.71. The third-order valence-corrected chi connectivity index (χ3v) is 54.7. The van der Waals surface area contributed by atoms with Crippen molar-refractivity contribution in [1.82, 2.24) is 0 Å². The minimum absolute atomic E-state index is 1.07. The molecule has 0 aromatic carbocycles. The van der Waals surface area contributed by atoms with Crippen LogP contribution >= 0.6 is 0 Å². The van der Waals surface area contributed by atoms with E-state index in [1.807, 2.05) is 0 Å². The van der Waals surface area contributed by atoms with Crippen molar-refractivity contribution in [1.29, 1.82) is 0 Å². The zero-order chi connectivity index (χ0) is 21.6. The van der Waals surface area contributed by atoms with Gasteiger partial charge in [-0.15, -0.1) is 0 Å². The smallest absolute Gasteiger partial charge is 0.0470 e. The maximum atomic E-state index is 4.23. The third-order valence-electron chi connectivity index (χ3n) is 5.37. The highest BCUT2D eigenvalue weighted by atomic mass is 29.2. The van der Waals surface area contributed by atoms with E-state index in [2.05, 4.69) is 110 Å². The van der Waals surface area contributed by atoms with Crippen LogP contribution in [0.25, 0.3) is 0 Å².